The largest absolute Gasteiger partial charge is 0.388 e. The highest BCUT2D eigenvalue weighted by Gasteiger charge is 2.15. The van der Waals surface area contributed by atoms with Gasteiger partial charge in [0.05, 0.1) is 6.10 Å². The van der Waals surface area contributed by atoms with Gasteiger partial charge in [-0.05, 0) is 31.5 Å². The Bertz CT molecular complexity index is 524. The van der Waals surface area contributed by atoms with Gasteiger partial charge in [-0.3, -0.25) is 0 Å². The van der Waals surface area contributed by atoms with Crippen LogP contribution in [0.3, 0.4) is 0 Å². The van der Waals surface area contributed by atoms with Crippen LogP contribution < -0.4 is 0 Å². The molecule has 1 atom stereocenters. The SMILES string of the molecule is CC(C)n1ncnc1CC(O)c1cccc(F)c1. The van der Waals surface area contributed by atoms with Crippen LogP contribution in [0.1, 0.15) is 37.4 Å². The molecule has 0 aliphatic rings. The van der Waals surface area contributed by atoms with Crippen molar-refractivity contribution >= 4 is 0 Å². The third kappa shape index (κ3) is 2.73. The van der Waals surface area contributed by atoms with Crippen molar-refractivity contribution in [2.45, 2.75) is 32.4 Å². The summed E-state index contributed by atoms with van der Waals surface area (Å²) in [5.41, 5.74) is 0.549. The van der Waals surface area contributed by atoms with Crippen molar-refractivity contribution in [1.82, 2.24) is 14.8 Å². The number of aromatic nitrogens is 3. The molecular weight excluding hydrogens is 233 g/mol. The summed E-state index contributed by atoms with van der Waals surface area (Å²) < 4.78 is 14.8. The van der Waals surface area contributed by atoms with Crippen molar-refractivity contribution < 1.29 is 9.50 Å². The number of benzene rings is 1. The Hall–Kier alpha value is -1.75. The van der Waals surface area contributed by atoms with Gasteiger partial charge in [0.2, 0.25) is 0 Å². The van der Waals surface area contributed by atoms with Gasteiger partial charge in [-0.1, -0.05) is 12.1 Å². The molecule has 0 saturated carbocycles. The molecule has 96 valence electrons. The zero-order valence-corrected chi connectivity index (χ0v) is 10.4. The van der Waals surface area contributed by atoms with Crippen molar-refractivity contribution in [3.05, 3.63) is 47.8 Å². The lowest BCUT2D eigenvalue weighted by Crippen LogP contribution is -2.12. The van der Waals surface area contributed by atoms with Crippen molar-refractivity contribution in [3.63, 3.8) is 0 Å². The van der Waals surface area contributed by atoms with Crippen LogP contribution in [0.25, 0.3) is 0 Å². The molecule has 1 aromatic carbocycles. The number of aliphatic hydroxyl groups excluding tert-OH is 1. The molecule has 0 aliphatic carbocycles. The minimum atomic E-state index is -0.776. The quantitative estimate of drug-likeness (QED) is 0.904. The minimum Gasteiger partial charge on any atom is -0.388 e. The average Bonchev–Trinajstić information content (AvgIpc) is 2.77. The van der Waals surface area contributed by atoms with Crippen LogP contribution in [0, 0.1) is 5.82 Å². The van der Waals surface area contributed by atoms with E-state index in [1.807, 2.05) is 13.8 Å². The summed E-state index contributed by atoms with van der Waals surface area (Å²) in [4.78, 5) is 4.12. The zero-order chi connectivity index (χ0) is 13.1. The van der Waals surface area contributed by atoms with Gasteiger partial charge in [-0.2, -0.15) is 5.10 Å². The summed E-state index contributed by atoms with van der Waals surface area (Å²) in [6.07, 6.45) is 1.01. The van der Waals surface area contributed by atoms with E-state index in [0.717, 1.165) is 0 Å². The van der Waals surface area contributed by atoms with Gasteiger partial charge in [0.25, 0.3) is 0 Å². The number of halogens is 1. The molecular formula is C13H16FN3O. The van der Waals surface area contributed by atoms with E-state index in [9.17, 15) is 9.50 Å². The standard InChI is InChI=1S/C13H16FN3O/c1-9(2)17-13(15-8-16-17)7-12(18)10-4-3-5-11(14)6-10/h3-6,8-9,12,18H,7H2,1-2H3. The first kappa shape index (κ1) is 12.7. The number of nitrogens with zero attached hydrogens (tertiary/aromatic N) is 3. The molecule has 1 aromatic heterocycles. The first-order valence-corrected chi connectivity index (χ1v) is 5.90. The monoisotopic (exact) mass is 249 g/mol. The molecule has 0 saturated heterocycles. The fourth-order valence-electron chi connectivity index (χ4n) is 1.86. The lowest BCUT2D eigenvalue weighted by molar-refractivity contribution is 0.173. The molecule has 18 heavy (non-hydrogen) atoms. The van der Waals surface area contributed by atoms with E-state index in [2.05, 4.69) is 10.1 Å². The molecule has 1 N–H and O–H groups in total. The second kappa shape index (κ2) is 5.27. The first-order valence-electron chi connectivity index (χ1n) is 5.90. The van der Waals surface area contributed by atoms with Crippen molar-refractivity contribution in [3.8, 4) is 0 Å². The normalized spacial score (nSPS) is 12.9. The number of hydrogen-bond donors (Lipinski definition) is 1. The van der Waals surface area contributed by atoms with Crippen LogP contribution >= 0.6 is 0 Å². The molecule has 2 aromatic rings. The minimum absolute atomic E-state index is 0.183. The van der Waals surface area contributed by atoms with Crippen molar-refractivity contribution in [2.24, 2.45) is 0 Å². The topological polar surface area (TPSA) is 50.9 Å². The molecule has 0 bridgehead atoms. The molecule has 4 nitrogen and oxygen atoms in total. The molecule has 0 amide bonds. The van der Waals surface area contributed by atoms with Crippen molar-refractivity contribution in [2.75, 3.05) is 0 Å². The van der Waals surface area contributed by atoms with Gasteiger partial charge >= 0.3 is 0 Å². The maximum atomic E-state index is 13.1. The fourth-order valence-corrected chi connectivity index (χ4v) is 1.86. The van der Waals surface area contributed by atoms with E-state index in [0.29, 0.717) is 17.8 Å². The van der Waals surface area contributed by atoms with Gasteiger partial charge < -0.3 is 5.11 Å². The summed E-state index contributed by atoms with van der Waals surface area (Å²) in [5, 5.41) is 14.2. The number of aliphatic hydroxyl groups is 1. The maximum absolute atomic E-state index is 13.1. The Kier molecular flexibility index (Phi) is 3.72. The highest BCUT2D eigenvalue weighted by atomic mass is 19.1. The summed E-state index contributed by atoms with van der Waals surface area (Å²) in [6.45, 7) is 3.99. The van der Waals surface area contributed by atoms with E-state index < -0.39 is 6.10 Å². The second-order valence-corrected chi connectivity index (χ2v) is 4.49. The van der Waals surface area contributed by atoms with Gasteiger partial charge in [0.1, 0.15) is 18.0 Å². The van der Waals surface area contributed by atoms with E-state index in [4.69, 9.17) is 0 Å². The van der Waals surface area contributed by atoms with Gasteiger partial charge in [-0.25, -0.2) is 14.1 Å². The fraction of sp³-hybridized carbons (Fsp3) is 0.385. The van der Waals surface area contributed by atoms with Crippen LogP contribution in [0.4, 0.5) is 4.39 Å². The maximum Gasteiger partial charge on any atom is 0.138 e. The average molecular weight is 249 g/mol. The Morgan fingerprint density at radius 1 is 1.39 bits per heavy atom. The molecule has 1 unspecified atom stereocenters. The Morgan fingerprint density at radius 2 is 2.17 bits per heavy atom. The smallest absolute Gasteiger partial charge is 0.138 e. The predicted octanol–water partition coefficient (Wildman–Crippen LogP) is 2.27. The van der Waals surface area contributed by atoms with Gasteiger partial charge in [0.15, 0.2) is 0 Å². The van der Waals surface area contributed by atoms with Crippen LogP contribution in [0.5, 0.6) is 0 Å². The Labute approximate surface area is 105 Å². The first-order chi connectivity index (χ1) is 8.58. The van der Waals surface area contributed by atoms with Crippen LogP contribution in [0.2, 0.25) is 0 Å². The second-order valence-electron chi connectivity index (χ2n) is 4.49. The van der Waals surface area contributed by atoms with Crippen LogP contribution in [-0.2, 0) is 6.42 Å². The molecule has 0 radical (unpaired) electrons. The Morgan fingerprint density at radius 3 is 2.83 bits per heavy atom. The third-order valence-electron chi connectivity index (χ3n) is 2.75. The third-order valence-corrected chi connectivity index (χ3v) is 2.75. The lowest BCUT2D eigenvalue weighted by atomic mass is 10.1. The highest BCUT2D eigenvalue weighted by Crippen LogP contribution is 2.19. The van der Waals surface area contributed by atoms with E-state index in [-0.39, 0.29) is 11.9 Å². The summed E-state index contributed by atoms with van der Waals surface area (Å²) in [5.74, 6) is 0.346. The zero-order valence-electron chi connectivity index (χ0n) is 10.4. The Balaban J connectivity index is 2.16. The highest BCUT2D eigenvalue weighted by molar-refractivity contribution is 5.19. The molecule has 2 rings (SSSR count). The van der Waals surface area contributed by atoms with Gasteiger partial charge in [0, 0.05) is 12.5 Å². The molecule has 5 heteroatoms. The van der Waals surface area contributed by atoms with E-state index in [1.54, 1.807) is 16.8 Å². The predicted molar refractivity (Wildman–Crippen MR) is 65.5 cm³/mol. The summed E-state index contributed by atoms with van der Waals surface area (Å²) in [7, 11) is 0. The summed E-state index contributed by atoms with van der Waals surface area (Å²) >= 11 is 0. The molecule has 0 fully saturated rings. The van der Waals surface area contributed by atoms with Crippen LogP contribution in [-0.4, -0.2) is 19.9 Å². The molecule has 0 aliphatic heterocycles. The van der Waals surface area contributed by atoms with E-state index >= 15 is 0 Å². The lowest BCUT2D eigenvalue weighted by Gasteiger charge is -2.13. The summed E-state index contributed by atoms with van der Waals surface area (Å²) in [6, 6.07) is 6.15. The van der Waals surface area contributed by atoms with E-state index in [1.165, 1.54) is 18.5 Å². The molecule has 0 spiro atoms. The van der Waals surface area contributed by atoms with Crippen molar-refractivity contribution in [1.29, 1.82) is 0 Å². The van der Waals surface area contributed by atoms with Gasteiger partial charge in [-0.15, -0.1) is 0 Å². The number of rotatable bonds is 4. The van der Waals surface area contributed by atoms with Crippen LogP contribution in [0.15, 0.2) is 30.6 Å². The molecule has 1 heterocycles. The number of hydrogen-bond acceptors (Lipinski definition) is 3.